The molecule has 0 bridgehead atoms. The van der Waals surface area contributed by atoms with E-state index >= 15 is 0 Å². The quantitative estimate of drug-likeness (QED) is 0.630. The molecule has 142 valence electrons. The molecule has 1 aliphatic rings. The van der Waals surface area contributed by atoms with Gasteiger partial charge in [-0.05, 0) is 54.2 Å². The first-order valence-electron chi connectivity index (χ1n) is 8.50. The van der Waals surface area contributed by atoms with Crippen LogP contribution in [0.2, 0.25) is 0 Å². The van der Waals surface area contributed by atoms with Crippen LogP contribution in [0.1, 0.15) is 48.5 Å². The number of halogens is 4. The molecule has 0 amide bonds. The van der Waals surface area contributed by atoms with Crippen molar-refractivity contribution in [1.82, 2.24) is 9.78 Å². The Morgan fingerprint density at radius 2 is 1.88 bits per heavy atom. The van der Waals surface area contributed by atoms with Gasteiger partial charge in [0.05, 0.1) is 17.6 Å². The molecule has 1 N–H and O–H groups in total. The zero-order chi connectivity index (χ0) is 19.1. The van der Waals surface area contributed by atoms with Crippen molar-refractivity contribution in [2.45, 2.75) is 51.7 Å². The lowest BCUT2D eigenvalue weighted by Crippen LogP contribution is -2.18. The Labute approximate surface area is 158 Å². The summed E-state index contributed by atoms with van der Waals surface area (Å²) >= 11 is 3.13. The first kappa shape index (κ1) is 19.1. The van der Waals surface area contributed by atoms with Crippen molar-refractivity contribution >= 4 is 27.4 Å². The van der Waals surface area contributed by atoms with Gasteiger partial charge in [0.2, 0.25) is 0 Å². The molecule has 0 radical (unpaired) electrons. The van der Waals surface area contributed by atoms with Crippen LogP contribution in [0.5, 0.6) is 5.75 Å². The Morgan fingerprint density at radius 1 is 1.23 bits per heavy atom. The van der Waals surface area contributed by atoms with Crippen LogP contribution in [0, 0.1) is 13.8 Å². The van der Waals surface area contributed by atoms with Gasteiger partial charge in [0.1, 0.15) is 5.75 Å². The second-order valence-electron chi connectivity index (χ2n) is 6.60. The first-order valence-corrected chi connectivity index (χ1v) is 9.29. The maximum Gasteiger partial charge on any atom is 0.434 e. The van der Waals surface area contributed by atoms with Crippen LogP contribution in [-0.2, 0) is 6.18 Å². The fraction of sp³-hybridized carbons (Fsp3) is 0.500. The van der Waals surface area contributed by atoms with Crippen molar-refractivity contribution < 1.29 is 17.9 Å². The summed E-state index contributed by atoms with van der Waals surface area (Å²) in [4.78, 5) is 0. The van der Waals surface area contributed by atoms with Gasteiger partial charge in [-0.1, -0.05) is 18.9 Å². The highest BCUT2D eigenvalue weighted by molar-refractivity contribution is 9.10. The standard InChI is InChI=1S/C18H21BrF3N3O/c1-10-8-9-13(26-3)11(2)15(10)23-17-14(19)16(18(20,21)22)25(24-17)12-6-4-5-7-12/h8-9,12H,4-7H2,1-3H3,(H,23,24). The van der Waals surface area contributed by atoms with E-state index in [-0.39, 0.29) is 16.3 Å². The molecule has 0 atom stereocenters. The molecular formula is C18H21BrF3N3O. The molecule has 2 aromatic rings. The molecule has 0 spiro atoms. The topological polar surface area (TPSA) is 39.1 Å². The van der Waals surface area contributed by atoms with E-state index in [9.17, 15) is 13.2 Å². The summed E-state index contributed by atoms with van der Waals surface area (Å²) in [6, 6.07) is 3.48. The van der Waals surface area contributed by atoms with Crippen molar-refractivity contribution in [2.75, 3.05) is 12.4 Å². The second-order valence-corrected chi connectivity index (χ2v) is 7.39. The van der Waals surface area contributed by atoms with E-state index in [0.717, 1.165) is 28.7 Å². The van der Waals surface area contributed by atoms with Crippen molar-refractivity contribution in [3.8, 4) is 5.75 Å². The Hall–Kier alpha value is -1.70. The molecule has 3 rings (SSSR count). The Balaban J connectivity index is 2.07. The Bertz CT molecular complexity index is 811. The van der Waals surface area contributed by atoms with Gasteiger partial charge in [0.15, 0.2) is 11.5 Å². The normalized spacial score (nSPS) is 15.5. The summed E-state index contributed by atoms with van der Waals surface area (Å²) < 4.78 is 47.4. The van der Waals surface area contributed by atoms with Crippen molar-refractivity contribution in [3.63, 3.8) is 0 Å². The van der Waals surface area contributed by atoms with E-state index in [4.69, 9.17) is 4.74 Å². The molecule has 8 heteroatoms. The predicted octanol–water partition coefficient (Wildman–Crippen LogP) is 6.15. The van der Waals surface area contributed by atoms with Gasteiger partial charge < -0.3 is 10.1 Å². The first-order chi connectivity index (χ1) is 12.2. The van der Waals surface area contributed by atoms with Crippen LogP contribution in [0.3, 0.4) is 0 Å². The highest BCUT2D eigenvalue weighted by Gasteiger charge is 2.41. The lowest BCUT2D eigenvalue weighted by atomic mass is 10.1. The minimum Gasteiger partial charge on any atom is -0.496 e. The van der Waals surface area contributed by atoms with E-state index < -0.39 is 11.9 Å². The molecule has 0 unspecified atom stereocenters. The van der Waals surface area contributed by atoms with E-state index in [1.165, 1.54) is 0 Å². The van der Waals surface area contributed by atoms with Crippen LogP contribution < -0.4 is 10.1 Å². The van der Waals surface area contributed by atoms with Gasteiger partial charge in [-0.15, -0.1) is 0 Å². The number of hydrogen-bond acceptors (Lipinski definition) is 3. The van der Waals surface area contributed by atoms with Crippen LogP contribution in [0.15, 0.2) is 16.6 Å². The fourth-order valence-corrected chi connectivity index (χ4v) is 4.11. The lowest BCUT2D eigenvalue weighted by Gasteiger charge is -2.16. The molecule has 26 heavy (non-hydrogen) atoms. The number of aryl methyl sites for hydroxylation is 1. The number of methoxy groups -OCH3 is 1. The zero-order valence-corrected chi connectivity index (χ0v) is 16.5. The minimum atomic E-state index is -4.48. The van der Waals surface area contributed by atoms with Crippen molar-refractivity contribution in [3.05, 3.63) is 33.4 Å². The molecule has 1 aromatic carbocycles. The van der Waals surface area contributed by atoms with Gasteiger partial charge in [-0.3, -0.25) is 4.68 Å². The van der Waals surface area contributed by atoms with E-state index in [0.29, 0.717) is 24.3 Å². The molecule has 1 aliphatic carbocycles. The number of benzene rings is 1. The summed E-state index contributed by atoms with van der Waals surface area (Å²) in [5, 5.41) is 7.37. The molecule has 0 saturated heterocycles. The number of nitrogens with zero attached hydrogens (tertiary/aromatic N) is 2. The number of nitrogens with one attached hydrogen (secondary N) is 1. The van der Waals surface area contributed by atoms with Crippen LogP contribution >= 0.6 is 15.9 Å². The smallest absolute Gasteiger partial charge is 0.434 e. The number of anilines is 2. The molecular weight excluding hydrogens is 411 g/mol. The Kier molecular flexibility index (Phi) is 5.23. The average molecular weight is 432 g/mol. The third-order valence-electron chi connectivity index (χ3n) is 4.88. The minimum absolute atomic E-state index is 0.0569. The van der Waals surface area contributed by atoms with Gasteiger partial charge >= 0.3 is 6.18 Å². The summed E-state index contributed by atoms with van der Waals surface area (Å²) in [7, 11) is 1.56. The SMILES string of the molecule is COc1ccc(C)c(Nc2nn(C3CCCC3)c(C(F)(F)F)c2Br)c1C. The lowest BCUT2D eigenvalue weighted by molar-refractivity contribution is -0.145. The Morgan fingerprint density at radius 3 is 2.46 bits per heavy atom. The average Bonchev–Trinajstić information content (AvgIpc) is 3.19. The van der Waals surface area contributed by atoms with E-state index in [2.05, 4.69) is 26.3 Å². The summed E-state index contributed by atoms with van der Waals surface area (Å²) in [6.45, 7) is 3.75. The monoisotopic (exact) mass is 431 g/mol. The van der Waals surface area contributed by atoms with Gasteiger partial charge in [0.25, 0.3) is 0 Å². The molecule has 0 aliphatic heterocycles. The van der Waals surface area contributed by atoms with Gasteiger partial charge in [-0.2, -0.15) is 18.3 Å². The largest absolute Gasteiger partial charge is 0.496 e. The number of hydrogen-bond donors (Lipinski definition) is 1. The third kappa shape index (κ3) is 3.43. The molecule has 1 fully saturated rings. The fourth-order valence-electron chi connectivity index (χ4n) is 3.52. The summed E-state index contributed by atoms with van der Waals surface area (Å²) in [6.07, 6.45) is -1.19. The zero-order valence-electron chi connectivity index (χ0n) is 14.9. The molecule has 1 saturated carbocycles. The maximum atomic E-state index is 13.7. The third-order valence-corrected chi connectivity index (χ3v) is 5.63. The van der Waals surface area contributed by atoms with Crippen molar-refractivity contribution in [1.29, 1.82) is 0 Å². The van der Waals surface area contributed by atoms with Crippen LogP contribution in [0.25, 0.3) is 0 Å². The van der Waals surface area contributed by atoms with Gasteiger partial charge in [0, 0.05) is 11.3 Å². The highest BCUT2D eigenvalue weighted by Crippen LogP contribution is 2.44. The van der Waals surface area contributed by atoms with E-state index in [1.54, 1.807) is 7.11 Å². The maximum absolute atomic E-state index is 13.7. The molecule has 1 aromatic heterocycles. The van der Waals surface area contributed by atoms with E-state index in [1.807, 2.05) is 26.0 Å². The second kappa shape index (κ2) is 7.13. The summed E-state index contributed by atoms with van der Waals surface area (Å²) in [5.41, 5.74) is 1.70. The van der Waals surface area contributed by atoms with Crippen LogP contribution in [-0.4, -0.2) is 16.9 Å². The number of ether oxygens (including phenoxy) is 1. The van der Waals surface area contributed by atoms with Gasteiger partial charge in [-0.25, -0.2) is 0 Å². The number of alkyl halides is 3. The van der Waals surface area contributed by atoms with Crippen molar-refractivity contribution in [2.24, 2.45) is 0 Å². The number of aromatic nitrogens is 2. The molecule has 1 heterocycles. The van der Waals surface area contributed by atoms with Crippen LogP contribution in [0.4, 0.5) is 24.7 Å². The molecule has 4 nitrogen and oxygen atoms in total. The summed E-state index contributed by atoms with van der Waals surface area (Å²) in [5.74, 6) is 0.837. The predicted molar refractivity (Wildman–Crippen MR) is 98.2 cm³/mol. The highest BCUT2D eigenvalue weighted by atomic mass is 79.9. The number of rotatable bonds is 4.